The van der Waals surface area contributed by atoms with Crippen LogP contribution in [-0.4, -0.2) is 18.5 Å². The van der Waals surface area contributed by atoms with Gasteiger partial charge in [0.2, 0.25) is 0 Å². The first-order valence-electron chi connectivity index (χ1n) is 3.88. The van der Waals surface area contributed by atoms with Gasteiger partial charge in [0.05, 0.1) is 5.56 Å². The van der Waals surface area contributed by atoms with Gasteiger partial charge < -0.3 is 15.5 Å². The average molecular weight is 247 g/mol. The van der Waals surface area contributed by atoms with E-state index in [0.29, 0.717) is 16.8 Å². The van der Waals surface area contributed by atoms with Crippen molar-refractivity contribution in [3.63, 3.8) is 0 Å². The van der Waals surface area contributed by atoms with Crippen LogP contribution in [0.25, 0.3) is 0 Å². The first kappa shape index (κ1) is 10.3. The minimum Gasteiger partial charge on any atom is -0.457 e. The minimum absolute atomic E-state index is 0.0267. The van der Waals surface area contributed by atoms with E-state index >= 15 is 0 Å². The summed E-state index contributed by atoms with van der Waals surface area (Å²) in [7, 11) is 0. The van der Waals surface area contributed by atoms with Gasteiger partial charge in [0.1, 0.15) is 6.26 Å². The SMILES string of the molecule is C[C@H](CN)NC(=O)c1coc(Br)c1. The molecule has 0 radical (unpaired) electrons. The summed E-state index contributed by atoms with van der Waals surface area (Å²) >= 11 is 3.11. The van der Waals surface area contributed by atoms with E-state index in [0.717, 1.165) is 0 Å². The highest BCUT2D eigenvalue weighted by molar-refractivity contribution is 9.10. The summed E-state index contributed by atoms with van der Waals surface area (Å²) < 4.78 is 5.47. The summed E-state index contributed by atoms with van der Waals surface area (Å²) in [6.45, 7) is 2.26. The van der Waals surface area contributed by atoms with E-state index in [4.69, 9.17) is 10.2 Å². The van der Waals surface area contributed by atoms with Crippen molar-refractivity contribution in [2.45, 2.75) is 13.0 Å². The lowest BCUT2D eigenvalue weighted by molar-refractivity contribution is 0.0940. The molecule has 13 heavy (non-hydrogen) atoms. The van der Waals surface area contributed by atoms with Gasteiger partial charge in [-0.25, -0.2) is 0 Å². The van der Waals surface area contributed by atoms with E-state index < -0.39 is 0 Å². The number of rotatable bonds is 3. The molecule has 0 fully saturated rings. The number of carbonyl (C=O) groups is 1. The summed E-state index contributed by atoms with van der Waals surface area (Å²) in [6.07, 6.45) is 1.39. The molecule has 1 aromatic heterocycles. The van der Waals surface area contributed by atoms with E-state index in [2.05, 4.69) is 21.2 Å². The summed E-state index contributed by atoms with van der Waals surface area (Å²) in [4.78, 5) is 11.4. The van der Waals surface area contributed by atoms with E-state index in [9.17, 15) is 4.79 Å². The maximum Gasteiger partial charge on any atom is 0.254 e. The van der Waals surface area contributed by atoms with Crippen LogP contribution in [0, 0.1) is 0 Å². The molecule has 0 spiro atoms. The normalized spacial score (nSPS) is 12.5. The zero-order chi connectivity index (χ0) is 9.84. The van der Waals surface area contributed by atoms with Crippen LogP contribution in [0.15, 0.2) is 21.4 Å². The number of amides is 1. The molecule has 0 aliphatic carbocycles. The van der Waals surface area contributed by atoms with Crippen LogP contribution in [-0.2, 0) is 0 Å². The van der Waals surface area contributed by atoms with Crippen LogP contribution in [0.1, 0.15) is 17.3 Å². The van der Waals surface area contributed by atoms with Crippen LogP contribution in [0.3, 0.4) is 0 Å². The molecule has 1 aromatic rings. The third-order valence-electron chi connectivity index (χ3n) is 1.56. The van der Waals surface area contributed by atoms with Gasteiger partial charge in [0.15, 0.2) is 4.67 Å². The molecule has 0 aromatic carbocycles. The fourth-order valence-electron chi connectivity index (χ4n) is 0.795. The number of nitrogens with one attached hydrogen (secondary N) is 1. The Hall–Kier alpha value is -0.810. The molecule has 0 saturated heterocycles. The maximum absolute atomic E-state index is 11.4. The lowest BCUT2D eigenvalue weighted by Gasteiger charge is -2.09. The van der Waals surface area contributed by atoms with Crippen LogP contribution in [0.4, 0.5) is 0 Å². The van der Waals surface area contributed by atoms with Crippen molar-refractivity contribution in [1.82, 2.24) is 5.32 Å². The third-order valence-corrected chi connectivity index (χ3v) is 1.98. The monoisotopic (exact) mass is 246 g/mol. The Morgan fingerprint density at radius 3 is 3.00 bits per heavy atom. The second kappa shape index (κ2) is 4.43. The Balaban J connectivity index is 2.58. The molecular weight excluding hydrogens is 236 g/mol. The highest BCUT2D eigenvalue weighted by Gasteiger charge is 2.10. The molecule has 1 rings (SSSR count). The molecule has 0 aliphatic heterocycles. The number of hydrogen-bond donors (Lipinski definition) is 2. The largest absolute Gasteiger partial charge is 0.457 e. The van der Waals surface area contributed by atoms with Crippen LogP contribution in [0.5, 0.6) is 0 Å². The first-order chi connectivity index (χ1) is 6.13. The Bertz CT molecular complexity index is 298. The lowest BCUT2D eigenvalue weighted by atomic mass is 10.3. The van der Waals surface area contributed by atoms with Crippen molar-refractivity contribution in [3.05, 3.63) is 22.6 Å². The van der Waals surface area contributed by atoms with Crippen molar-refractivity contribution in [1.29, 1.82) is 0 Å². The molecule has 0 unspecified atom stereocenters. The maximum atomic E-state index is 11.4. The van der Waals surface area contributed by atoms with Crippen molar-refractivity contribution >= 4 is 21.8 Å². The number of furan rings is 1. The fourth-order valence-corrected chi connectivity index (χ4v) is 1.14. The van der Waals surface area contributed by atoms with Gasteiger partial charge >= 0.3 is 0 Å². The molecule has 0 bridgehead atoms. The van der Waals surface area contributed by atoms with E-state index in [-0.39, 0.29) is 11.9 Å². The van der Waals surface area contributed by atoms with Crippen molar-refractivity contribution in [2.75, 3.05) is 6.54 Å². The Labute approximate surface area is 84.6 Å². The highest BCUT2D eigenvalue weighted by Crippen LogP contribution is 2.13. The summed E-state index contributed by atoms with van der Waals surface area (Å²) in [5, 5.41) is 2.71. The Morgan fingerprint density at radius 1 is 1.85 bits per heavy atom. The van der Waals surface area contributed by atoms with Crippen LogP contribution < -0.4 is 11.1 Å². The quantitative estimate of drug-likeness (QED) is 0.840. The minimum atomic E-state index is -0.174. The zero-order valence-corrected chi connectivity index (χ0v) is 8.80. The molecule has 4 nitrogen and oxygen atoms in total. The number of carbonyl (C=O) groups excluding carboxylic acids is 1. The summed E-state index contributed by atoms with van der Waals surface area (Å²) in [5.41, 5.74) is 5.85. The van der Waals surface area contributed by atoms with E-state index in [1.165, 1.54) is 6.26 Å². The molecule has 0 aliphatic rings. The molecule has 5 heteroatoms. The Kier molecular flexibility index (Phi) is 3.50. The van der Waals surface area contributed by atoms with Crippen LogP contribution >= 0.6 is 15.9 Å². The number of halogens is 1. The standard InChI is InChI=1S/C8H11BrN2O2/c1-5(3-10)11-8(12)6-2-7(9)13-4-6/h2,4-5H,3,10H2,1H3,(H,11,12)/t5-/m1/s1. The number of hydrogen-bond acceptors (Lipinski definition) is 3. The summed E-state index contributed by atoms with van der Waals surface area (Å²) in [6, 6.07) is 1.58. The predicted molar refractivity (Wildman–Crippen MR) is 52.4 cm³/mol. The molecule has 72 valence electrons. The smallest absolute Gasteiger partial charge is 0.254 e. The molecular formula is C8H11BrN2O2. The first-order valence-corrected chi connectivity index (χ1v) is 4.67. The second-order valence-corrected chi connectivity index (χ2v) is 3.53. The van der Waals surface area contributed by atoms with E-state index in [1.54, 1.807) is 6.07 Å². The third kappa shape index (κ3) is 2.86. The Morgan fingerprint density at radius 2 is 2.54 bits per heavy atom. The van der Waals surface area contributed by atoms with Crippen molar-refractivity contribution in [3.8, 4) is 0 Å². The average Bonchev–Trinajstić information content (AvgIpc) is 2.51. The predicted octanol–water partition coefficient (Wildman–Crippen LogP) is 1.12. The van der Waals surface area contributed by atoms with Gasteiger partial charge in [0.25, 0.3) is 5.91 Å². The van der Waals surface area contributed by atoms with Gasteiger partial charge in [-0.05, 0) is 22.9 Å². The summed E-state index contributed by atoms with van der Waals surface area (Å²) in [5.74, 6) is -0.174. The van der Waals surface area contributed by atoms with Gasteiger partial charge in [-0.1, -0.05) is 0 Å². The number of nitrogens with two attached hydrogens (primary N) is 1. The fraction of sp³-hybridized carbons (Fsp3) is 0.375. The van der Waals surface area contributed by atoms with Gasteiger partial charge in [-0.3, -0.25) is 4.79 Å². The lowest BCUT2D eigenvalue weighted by Crippen LogP contribution is -2.37. The molecule has 1 heterocycles. The topological polar surface area (TPSA) is 68.3 Å². The van der Waals surface area contributed by atoms with Gasteiger partial charge in [-0.2, -0.15) is 0 Å². The van der Waals surface area contributed by atoms with E-state index in [1.807, 2.05) is 6.92 Å². The van der Waals surface area contributed by atoms with Gasteiger partial charge in [0, 0.05) is 18.7 Å². The molecule has 1 atom stereocenters. The molecule has 0 saturated carbocycles. The molecule has 3 N–H and O–H groups in total. The highest BCUT2D eigenvalue weighted by atomic mass is 79.9. The zero-order valence-electron chi connectivity index (χ0n) is 7.21. The molecule has 1 amide bonds. The van der Waals surface area contributed by atoms with Crippen LogP contribution in [0.2, 0.25) is 0 Å². The van der Waals surface area contributed by atoms with Crippen molar-refractivity contribution < 1.29 is 9.21 Å². The van der Waals surface area contributed by atoms with Crippen molar-refractivity contribution in [2.24, 2.45) is 5.73 Å². The second-order valence-electron chi connectivity index (χ2n) is 2.75. The van der Waals surface area contributed by atoms with Gasteiger partial charge in [-0.15, -0.1) is 0 Å².